The van der Waals surface area contributed by atoms with E-state index in [0.717, 1.165) is 29.7 Å². The molecule has 0 amide bonds. The molecule has 150 valence electrons. The maximum Gasteiger partial charge on any atom is 0.191 e. The van der Waals surface area contributed by atoms with Crippen molar-refractivity contribution >= 4 is 41.3 Å². The minimum Gasteiger partial charge on any atom is -0.489 e. The number of ether oxygens (including phenoxy) is 1. The van der Waals surface area contributed by atoms with Crippen LogP contribution in [0.3, 0.4) is 0 Å². The van der Waals surface area contributed by atoms with E-state index in [9.17, 15) is 8.78 Å². The second kappa shape index (κ2) is 12.1. The fourth-order valence-corrected chi connectivity index (χ4v) is 3.10. The highest BCUT2D eigenvalue weighted by Gasteiger charge is 2.05. The van der Waals surface area contributed by atoms with Gasteiger partial charge in [0.2, 0.25) is 0 Å². The van der Waals surface area contributed by atoms with E-state index in [4.69, 9.17) is 4.74 Å². The number of thiazole rings is 1. The normalized spacial score (nSPS) is 11.1. The third-order valence-electron chi connectivity index (χ3n) is 3.56. The van der Waals surface area contributed by atoms with E-state index in [1.807, 2.05) is 13.8 Å². The highest BCUT2D eigenvalue weighted by molar-refractivity contribution is 14.0. The fraction of sp³-hybridized carbons (Fsp3) is 0.444. The van der Waals surface area contributed by atoms with Crippen LogP contribution in [0.5, 0.6) is 5.75 Å². The zero-order chi connectivity index (χ0) is 18.9. The molecule has 0 aliphatic carbocycles. The van der Waals surface area contributed by atoms with E-state index in [-0.39, 0.29) is 36.3 Å². The average molecular weight is 510 g/mol. The van der Waals surface area contributed by atoms with E-state index < -0.39 is 11.6 Å². The Hall–Kier alpha value is -1.49. The number of aliphatic imine (C=N–C) groups is 1. The van der Waals surface area contributed by atoms with Crippen molar-refractivity contribution in [3.8, 4) is 5.75 Å². The van der Waals surface area contributed by atoms with Crippen LogP contribution in [-0.2, 0) is 6.42 Å². The molecule has 1 aromatic carbocycles. The smallest absolute Gasteiger partial charge is 0.191 e. The quantitative estimate of drug-likeness (QED) is 0.245. The van der Waals surface area contributed by atoms with Crippen LogP contribution < -0.4 is 15.4 Å². The number of benzene rings is 1. The summed E-state index contributed by atoms with van der Waals surface area (Å²) in [6.45, 7) is 8.08. The first kappa shape index (κ1) is 23.5. The Bertz CT molecular complexity index is 735. The molecule has 0 bridgehead atoms. The highest BCUT2D eigenvalue weighted by Crippen LogP contribution is 2.17. The molecule has 0 aliphatic rings. The molecule has 0 saturated heterocycles. The Kier molecular flexibility index (Phi) is 10.5. The predicted molar refractivity (Wildman–Crippen MR) is 117 cm³/mol. The zero-order valence-electron chi connectivity index (χ0n) is 15.6. The molecular formula is C18H25F2IN4OS. The van der Waals surface area contributed by atoms with Gasteiger partial charge in [-0.15, -0.1) is 35.3 Å². The molecule has 27 heavy (non-hydrogen) atoms. The lowest BCUT2D eigenvalue weighted by molar-refractivity contribution is 0.304. The summed E-state index contributed by atoms with van der Waals surface area (Å²) in [6, 6.07) is 3.25. The fourth-order valence-electron chi connectivity index (χ4n) is 2.17. The number of guanidine groups is 1. The van der Waals surface area contributed by atoms with Gasteiger partial charge in [-0.1, -0.05) is 0 Å². The molecule has 1 heterocycles. The Morgan fingerprint density at radius 2 is 2.04 bits per heavy atom. The molecule has 2 aromatic rings. The largest absolute Gasteiger partial charge is 0.489 e. The molecule has 0 fully saturated rings. The topological polar surface area (TPSA) is 58.5 Å². The van der Waals surface area contributed by atoms with Crippen molar-refractivity contribution in [1.29, 1.82) is 0 Å². The minimum absolute atomic E-state index is 0. The van der Waals surface area contributed by atoms with Crippen molar-refractivity contribution in [3.63, 3.8) is 0 Å². The zero-order valence-corrected chi connectivity index (χ0v) is 18.8. The second-order valence-electron chi connectivity index (χ2n) is 5.61. The van der Waals surface area contributed by atoms with Crippen LogP contribution >= 0.6 is 35.3 Å². The van der Waals surface area contributed by atoms with Crippen molar-refractivity contribution in [1.82, 2.24) is 15.6 Å². The van der Waals surface area contributed by atoms with Gasteiger partial charge in [0.15, 0.2) is 17.5 Å². The highest BCUT2D eigenvalue weighted by atomic mass is 127. The number of hydrogen-bond acceptors (Lipinski definition) is 4. The Morgan fingerprint density at radius 1 is 1.26 bits per heavy atom. The minimum atomic E-state index is -0.709. The number of hydrogen-bond donors (Lipinski definition) is 2. The van der Waals surface area contributed by atoms with Crippen molar-refractivity contribution in [2.45, 2.75) is 27.2 Å². The average Bonchev–Trinajstić information content (AvgIpc) is 2.91. The maximum atomic E-state index is 13.5. The monoisotopic (exact) mass is 510 g/mol. The number of halogens is 3. The van der Waals surface area contributed by atoms with E-state index in [0.29, 0.717) is 19.0 Å². The lowest BCUT2D eigenvalue weighted by atomic mass is 10.3. The van der Waals surface area contributed by atoms with Crippen molar-refractivity contribution in [2.24, 2.45) is 4.99 Å². The standard InChI is InChI=1S/C18H24F2N4OS.HI/c1-4-21-18(22-8-7-17-24-12(2)13(3)26-17)23-9-10-25-16-6-5-14(19)11-15(16)20;/h5-6,11H,4,7-10H2,1-3H3,(H2,21,22,23);1H. The van der Waals surface area contributed by atoms with Crippen LogP contribution in [0, 0.1) is 25.5 Å². The van der Waals surface area contributed by atoms with E-state index in [1.165, 1.54) is 17.0 Å². The molecule has 0 radical (unpaired) electrons. The van der Waals surface area contributed by atoms with Gasteiger partial charge in [-0.3, -0.25) is 4.99 Å². The Balaban J connectivity index is 0.00000364. The first-order valence-corrected chi connectivity index (χ1v) is 9.34. The van der Waals surface area contributed by atoms with Gasteiger partial charge in [0.1, 0.15) is 12.4 Å². The molecule has 5 nitrogen and oxygen atoms in total. The number of nitrogens with zero attached hydrogens (tertiary/aromatic N) is 2. The van der Waals surface area contributed by atoms with Crippen LogP contribution in [0.4, 0.5) is 8.78 Å². The summed E-state index contributed by atoms with van der Waals surface area (Å²) in [5.74, 6) is -0.634. The van der Waals surface area contributed by atoms with Crippen molar-refractivity contribution < 1.29 is 13.5 Å². The van der Waals surface area contributed by atoms with E-state index >= 15 is 0 Å². The molecule has 9 heteroatoms. The number of aromatic nitrogens is 1. The van der Waals surface area contributed by atoms with E-state index in [1.54, 1.807) is 11.3 Å². The third-order valence-corrected chi connectivity index (χ3v) is 4.69. The van der Waals surface area contributed by atoms with Gasteiger partial charge in [-0.25, -0.2) is 13.8 Å². The third kappa shape index (κ3) is 7.96. The summed E-state index contributed by atoms with van der Waals surface area (Å²) >= 11 is 1.70. The molecule has 0 unspecified atom stereocenters. The molecular weight excluding hydrogens is 485 g/mol. The van der Waals surface area contributed by atoms with Crippen molar-refractivity contribution in [3.05, 3.63) is 45.4 Å². The van der Waals surface area contributed by atoms with Gasteiger partial charge in [0, 0.05) is 30.5 Å². The van der Waals surface area contributed by atoms with Crippen LogP contribution in [0.25, 0.3) is 0 Å². The molecule has 0 spiro atoms. The number of nitrogens with one attached hydrogen (secondary N) is 2. The Labute approximate surface area is 179 Å². The molecule has 0 saturated carbocycles. The van der Waals surface area contributed by atoms with Crippen LogP contribution in [-0.4, -0.2) is 37.2 Å². The summed E-state index contributed by atoms with van der Waals surface area (Å²) in [5, 5.41) is 7.35. The first-order valence-electron chi connectivity index (χ1n) is 8.52. The van der Waals surface area contributed by atoms with Crippen molar-refractivity contribution in [2.75, 3.05) is 26.2 Å². The molecule has 0 aliphatic heterocycles. The summed E-state index contributed by atoms with van der Waals surface area (Å²) in [5.41, 5.74) is 1.07. The molecule has 2 N–H and O–H groups in total. The molecule has 0 atom stereocenters. The maximum absolute atomic E-state index is 13.5. The van der Waals surface area contributed by atoms with Crippen LogP contribution in [0.1, 0.15) is 22.5 Å². The number of aryl methyl sites for hydroxylation is 2. The van der Waals surface area contributed by atoms with Gasteiger partial charge in [0.25, 0.3) is 0 Å². The van der Waals surface area contributed by atoms with Gasteiger partial charge >= 0.3 is 0 Å². The van der Waals surface area contributed by atoms with Gasteiger partial charge in [0.05, 0.1) is 17.2 Å². The first-order chi connectivity index (χ1) is 12.5. The number of rotatable bonds is 8. The summed E-state index contributed by atoms with van der Waals surface area (Å²) < 4.78 is 31.7. The molecule has 2 rings (SSSR count). The lowest BCUT2D eigenvalue weighted by Gasteiger charge is -2.12. The SMILES string of the molecule is CCNC(=NCCc1nc(C)c(C)s1)NCCOc1ccc(F)cc1F.I. The summed E-state index contributed by atoms with van der Waals surface area (Å²) in [6.07, 6.45) is 0.785. The summed E-state index contributed by atoms with van der Waals surface area (Å²) in [7, 11) is 0. The van der Waals surface area contributed by atoms with Crippen LogP contribution in [0.15, 0.2) is 23.2 Å². The second-order valence-corrected chi connectivity index (χ2v) is 6.90. The predicted octanol–water partition coefficient (Wildman–Crippen LogP) is 3.83. The molecule has 1 aromatic heterocycles. The lowest BCUT2D eigenvalue weighted by Crippen LogP contribution is -2.39. The van der Waals surface area contributed by atoms with Crippen LogP contribution in [0.2, 0.25) is 0 Å². The van der Waals surface area contributed by atoms with Gasteiger partial charge in [-0.05, 0) is 32.9 Å². The Morgan fingerprint density at radius 3 is 2.67 bits per heavy atom. The van der Waals surface area contributed by atoms with Gasteiger partial charge < -0.3 is 15.4 Å². The van der Waals surface area contributed by atoms with E-state index in [2.05, 4.69) is 27.5 Å². The summed E-state index contributed by atoms with van der Waals surface area (Å²) in [4.78, 5) is 10.2. The van der Waals surface area contributed by atoms with Gasteiger partial charge in [-0.2, -0.15) is 0 Å².